The van der Waals surface area contributed by atoms with Crippen LogP contribution in [0.2, 0.25) is 0 Å². The average Bonchev–Trinajstić information content (AvgIpc) is 3.66. The van der Waals surface area contributed by atoms with E-state index < -0.39 is 6.36 Å². The number of aryl methyl sites for hydroxylation is 1. The average molecular weight is 625 g/mol. The molecule has 1 aliphatic heterocycles. The molecule has 0 radical (unpaired) electrons. The van der Waals surface area contributed by atoms with Crippen LogP contribution in [0.3, 0.4) is 0 Å². The van der Waals surface area contributed by atoms with E-state index in [9.17, 15) is 18.0 Å². The van der Waals surface area contributed by atoms with Crippen LogP contribution in [-0.4, -0.2) is 51.0 Å². The van der Waals surface area contributed by atoms with Crippen molar-refractivity contribution >= 4 is 23.5 Å². The molecule has 44 heavy (non-hydrogen) atoms. The Labute approximate surface area is 259 Å². The number of benzene rings is 3. The summed E-state index contributed by atoms with van der Waals surface area (Å²) < 4.78 is 42.6. The molecule has 2 amide bonds. The Morgan fingerprint density at radius 3 is 2.48 bits per heavy atom. The van der Waals surface area contributed by atoms with Gasteiger partial charge in [-0.05, 0) is 67.1 Å². The highest BCUT2D eigenvalue weighted by Gasteiger charge is 2.31. The Bertz CT molecular complexity index is 1540. The number of nitrogens with one attached hydrogen (secondary N) is 2. The first-order valence-electron chi connectivity index (χ1n) is 14.5. The lowest BCUT2D eigenvalue weighted by molar-refractivity contribution is -0.274. The zero-order valence-corrected chi connectivity index (χ0v) is 25.5. The van der Waals surface area contributed by atoms with Crippen molar-refractivity contribution in [3.05, 3.63) is 90.3 Å². The maximum absolute atomic E-state index is 12.9. The zero-order chi connectivity index (χ0) is 31.3. The quantitative estimate of drug-likeness (QED) is 0.196. The molecular weight excluding hydrogens is 589 g/mol. The van der Waals surface area contributed by atoms with E-state index in [4.69, 9.17) is 0 Å². The number of amides is 2. The predicted octanol–water partition coefficient (Wildman–Crippen LogP) is 7.11. The van der Waals surface area contributed by atoms with Crippen molar-refractivity contribution in [3.63, 3.8) is 0 Å². The third kappa shape index (κ3) is 8.04. The molecule has 1 fully saturated rings. The maximum atomic E-state index is 12.9. The third-order valence-electron chi connectivity index (χ3n) is 7.30. The fourth-order valence-electron chi connectivity index (χ4n) is 5.05. The van der Waals surface area contributed by atoms with Crippen LogP contribution in [0.15, 0.2) is 79.1 Å². The lowest BCUT2D eigenvalue weighted by atomic mass is 10.0. The number of carbonyl (C=O) groups excluding carboxylic acids is 1. The summed E-state index contributed by atoms with van der Waals surface area (Å²) in [6.07, 6.45) is -1.68. The Morgan fingerprint density at radius 1 is 1.05 bits per heavy atom. The van der Waals surface area contributed by atoms with Crippen LogP contribution < -0.4 is 20.3 Å². The molecule has 5 rings (SSSR count). The van der Waals surface area contributed by atoms with Crippen LogP contribution in [0.1, 0.15) is 44.2 Å². The number of ether oxygens (including phenoxy) is 1. The summed E-state index contributed by atoms with van der Waals surface area (Å²) in [5.74, 6) is 1.54. The number of hydrogen-bond acceptors (Lipinski definition) is 6. The van der Waals surface area contributed by atoms with Crippen LogP contribution in [-0.2, 0) is 6.42 Å². The standard InChI is InChI=1S/C32H35F3N6O2S/c1-21(2)27-6-4-5-7-28(27)40-18-19-44-31(40)38-30(42)37-22(3)8-9-23-10-12-24(13-11-23)29-36-20-41(39-29)25-14-16-26(17-15-25)43-32(33,34)35/h4-7,10-17,20-22,31H,8-9,18-19H2,1-3H3,(H2,37,38,42). The second-order valence-electron chi connectivity index (χ2n) is 10.9. The van der Waals surface area contributed by atoms with E-state index in [0.717, 1.165) is 36.3 Å². The van der Waals surface area contributed by atoms with Crippen LogP contribution in [0.5, 0.6) is 5.75 Å². The number of para-hydroxylation sites is 1. The SMILES string of the molecule is CC(CCc1ccc(-c2ncn(-c3ccc(OC(F)(F)F)cc3)n2)cc1)NC(=O)NC1SCCN1c1ccccc1C(C)C. The second-order valence-corrected chi connectivity index (χ2v) is 12.1. The Balaban J connectivity index is 1.11. The van der Waals surface area contributed by atoms with Crippen molar-refractivity contribution in [3.8, 4) is 22.8 Å². The number of carbonyl (C=O) groups is 1. The first-order valence-corrected chi connectivity index (χ1v) is 15.5. The monoisotopic (exact) mass is 624 g/mol. The molecular formula is C32H35F3N6O2S. The number of hydrogen-bond donors (Lipinski definition) is 2. The van der Waals surface area contributed by atoms with Crippen LogP contribution >= 0.6 is 11.8 Å². The lowest BCUT2D eigenvalue weighted by Crippen LogP contribution is -2.49. The molecule has 2 heterocycles. The molecule has 0 spiro atoms. The molecule has 0 aliphatic carbocycles. The highest BCUT2D eigenvalue weighted by Crippen LogP contribution is 2.34. The number of aromatic nitrogens is 3. The molecule has 2 atom stereocenters. The van der Waals surface area contributed by atoms with Gasteiger partial charge in [0.05, 0.1) is 5.69 Å². The first-order chi connectivity index (χ1) is 21.1. The van der Waals surface area contributed by atoms with Gasteiger partial charge in [-0.15, -0.1) is 30.0 Å². The van der Waals surface area contributed by atoms with E-state index in [2.05, 4.69) is 62.4 Å². The summed E-state index contributed by atoms with van der Waals surface area (Å²) in [4.78, 5) is 19.5. The number of alkyl halides is 3. The summed E-state index contributed by atoms with van der Waals surface area (Å²) in [6, 6.07) is 21.5. The number of anilines is 1. The lowest BCUT2D eigenvalue weighted by Gasteiger charge is -2.30. The van der Waals surface area contributed by atoms with E-state index in [1.54, 1.807) is 11.8 Å². The minimum atomic E-state index is -4.74. The Kier molecular flexibility index (Phi) is 9.68. The van der Waals surface area contributed by atoms with Crippen LogP contribution in [0.25, 0.3) is 17.1 Å². The summed E-state index contributed by atoms with van der Waals surface area (Å²) in [6.45, 7) is 7.25. The number of thioether (sulfide) groups is 1. The molecule has 0 bridgehead atoms. The van der Waals surface area contributed by atoms with Gasteiger partial charge in [0.1, 0.15) is 12.1 Å². The third-order valence-corrected chi connectivity index (χ3v) is 8.40. The normalized spacial score (nSPS) is 15.8. The Hall–Kier alpha value is -4.19. The molecule has 2 unspecified atom stereocenters. The van der Waals surface area contributed by atoms with Gasteiger partial charge in [0, 0.05) is 29.6 Å². The van der Waals surface area contributed by atoms with E-state index >= 15 is 0 Å². The molecule has 3 aromatic carbocycles. The van der Waals surface area contributed by atoms with Gasteiger partial charge in [0.15, 0.2) is 11.3 Å². The van der Waals surface area contributed by atoms with Crippen molar-refractivity contribution in [2.24, 2.45) is 0 Å². The van der Waals surface area contributed by atoms with E-state index in [1.807, 2.05) is 37.3 Å². The second kappa shape index (κ2) is 13.6. The van der Waals surface area contributed by atoms with Gasteiger partial charge >= 0.3 is 12.4 Å². The summed E-state index contributed by atoms with van der Waals surface area (Å²) in [7, 11) is 0. The minimum Gasteiger partial charge on any atom is -0.406 e. The molecule has 0 saturated carbocycles. The number of urea groups is 1. The van der Waals surface area contributed by atoms with Crippen molar-refractivity contribution in [1.29, 1.82) is 0 Å². The number of nitrogens with zero attached hydrogens (tertiary/aromatic N) is 4. The van der Waals surface area contributed by atoms with E-state index in [0.29, 0.717) is 17.4 Å². The van der Waals surface area contributed by atoms with Gasteiger partial charge in [-0.1, -0.05) is 56.3 Å². The Morgan fingerprint density at radius 2 is 1.77 bits per heavy atom. The van der Waals surface area contributed by atoms with Crippen LogP contribution in [0.4, 0.5) is 23.7 Å². The fourth-order valence-corrected chi connectivity index (χ4v) is 6.16. The van der Waals surface area contributed by atoms with Gasteiger partial charge in [-0.25, -0.2) is 14.5 Å². The highest BCUT2D eigenvalue weighted by atomic mass is 32.2. The predicted molar refractivity (Wildman–Crippen MR) is 167 cm³/mol. The molecule has 8 nitrogen and oxygen atoms in total. The van der Waals surface area contributed by atoms with Crippen molar-refractivity contribution in [1.82, 2.24) is 25.4 Å². The number of halogens is 3. The molecule has 1 saturated heterocycles. The van der Waals surface area contributed by atoms with E-state index in [1.165, 1.54) is 46.5 Å². The number of rotatable bonds is 10. The molecule has 1 aliphatic rings. The van der Waals surface area contributed by atoms with Crippen LogP contribution in [0, 0.1) is 0 Å². The fraction of sp³-hybridized carbons (Fsp3) is 0.344. The topological polar surface area (TPSA) is 84.3 Å². The van der Waals surface area contributed by atoms with Gasteiger partial charge in [0.25, 0.3) is 0 Å². The van der Waals surface area contributed by atoms with Gasteiger partial charge in [-0.2, -0.15) is 0 Å². The van der Waals surface area contributed by atoms with Crippen molar-refractivity contribution in [2.75, 3.05) is 17.2 Å². The highest BCUT2D eigenvalue weighted by molar-refractivity contribution is 8.00. The molecule has 2 N–H and O–H groups in total. The molecule has 12 heteroatoms. The first kappa shape index (κ1) is 31.2. The van der Waals surface area contributed by atoms with Crippen molar-refractivity contribution < 1.29 is 22.7 Å². The molecule has 1 aromatic heterocycles. The van der Waals surface area contributed by atoms with Gasteiger partial charge < -0.3 is 20.3 Å². The van der Waals surface area contributed by atoms with Gasteiger partial charge in [0.2, 0.25) is 0 Å². The molecule has 4 aromatic rings. The summed E-state index contributed by atoms with van der Waals surface area (Å²) >= 11 is 1.73. The minimum absolute atomic E-state index is 0.0252. The zero-order valence-electron chi connectivity index (χ0n) is 24.7. The smallest absolute Gasteiger partial charge is 0.406 e. The summed E-state index contributed by atoms with van der Waals surface area (Å²) in [5.41, 5.74) is 4.82. The van der Waals surface area contributed by atoms with Crippen molar-refractivity contribution in [2.45, 2.75) is 57.4 Å². The van der Waals surface area contributed by atoms with Gasteiger partial charge in [-0.3, -0.25) is 0 Å². The maximum Gasteiger partial charge on any atom is 0.573 e. The summed E-state index contributed by atoms with van der Waals surface area (Å²) in [5, 5.41) is 10.7. The molecule has 232 valence electrons. The largest absolute Gasteiger partial charge is 0.573 e. The van der Waals surface area contributed by atoms with E-state index in [-0.39, 0.29) is 23.3 Å².